The Hall–Kier alpha value is -1.28. The van der Waals surface area contributed by atoms with E-state index in [9.17, 15) is 12.8 Å². The molecule has 2 heterocycles. The molecule has 0 aliphatic carbocycles. The molecule has 1 saturated heterocycles. The average Bonchev–Trinajstić information content (AvgIpc) is 2.98. The molecule has 7 heteroatoms. The molecule has 1 unspecified atom stereocenters. The second kappa shape index (κ2) is 8.40. The summed E-state index contributed by atoms with van der Waals surface area (Å²) < 4.78 is 41.5. The van der Waals surface area contributed by atoms with Crippen LogP contribution in [0.1, 0.15) is 37.3 Å². The first-order valence-corrected chi connectivity index (χ1v) is 11.0. The molecule has 1 aromatic heterocycles. The minimum Gasteiger partial charge on any atom is -0.295 e. The highest BCUT2D eigenvalue weighted by atomic mass is 32.2. The monoisotopic (exact) mass is 382 g/mol. The molecule has 136 valence electrons. The van der Waals surface area contributed by atoms with Crippen molar-refractivity contribution in [2.45, 2.75) is 36.6 Å². The van der Waals surface area contributed by atoms with Crippen LogP contribution < -0.4 is 4.72 Å². The summed E-state index contributed by atoms with van der Waals surface area (Å²) in [4.78, 5) is 2.05. The molecule has 0 saturated carbocycles. The first-order chi connectivity index (χ1) is 12.1. The Bertz CT molecular complexity index is 770. The zero-order chi connectivity index (χ0) is 17.7. The first kappa shape index (κ1) is 18.5. The van der Waals surface area contributed by atoms with Gasteiger partial charge in [-0.2, -0.15) is 11.3 Å². The highest BCUT2D eigenvalue weighted by Crippen LogP contribution is 2.26. The molecule has 0 bridgehead atoms. The van der Waals surface area contributed by atoms with Crippen LogP contribution in [0.3, 0.4) is 0 Å². The van der Waals surface area contributed by atoms with Gasteiger partial charge in [-0.25, -0.2) is 17.5 Å². The van der Waals surface area contributed by atoms with Gasteiger partial charge in [0.25, 0.3) is 0 Å². The zero-order valence-corrected chi connectivity index (χ0v) is 15.7. The fourth-order valence-corrected chi connectivity index (χ4v) is 5.08. The lowest BCUT2D eigenvalue weighted by Crippen LogP contribution is -2.38. The highest BCUT2D eigenvalue weighted by Gasteiger charge is 2.25. The van der Waals surface area contributed by atoms with Gasteiger partial charge in [0.05, 0.1) is 0 Å². The van der Waals surface area contributed by atoms with Gasteiger partial charge in [-0.15, -0.1) is 0 Å². The van der Waals surface area contributed by atoms with E-state index in [4.69, 9.17) is 0 Å². The van der Waals surface area contributed by atoms with Crippen molar-refractivity contribution in [1.29, 1.82) is 0 Å². The maximum Gasteiger partial charge on any atom is 0.243 e. The lowest BCUT2D eigenvalue weighted by molar-refractivity contribution is 0.206. The van der Waals surface area contributed by atoms with Crippen molar-refractivity contribution in [3.05, 3.63) is 52.5 Å². The third-order valence-corrected chi connectivity index (χ3v) is 6.76. The van der Waals surface area contributed by atoms with E-state index in [2.05, 4.69) is 15.0 Å². The van der Waals surface area contributed by atoms with E-state index in [0.29, 0.717) is 0 Å². The van der Waals surface area contributed by atoms with E-state index in [1.165, 1.54) is 37.1 Å². The molecule has 0 amide bonds. The quantitative estimate of drug-likeness (QED) is 0.827. The Balaban J connectivity index is 1.77. The Morgan fingerprint density at radius 1 is 1.12 bits per heavy atom. The van der Waals surface area contributed by atoms with Gasteiger partial charge in [0, 0.05) is 12.6 Å². The van der Waals surface area contributed by atoms with E-state index in [1.54, 1.807) is 11.3 Å². The third kappa shape index (κ3) is 4.67. The summed E-state index contributed by atoms with van der Waals surface area (Å²) in [5, 5.41) is 4.07. The van der Waals surface area contributed by atoms with Gasteiger partial charge in [0.2, 0.25) is 10.0 Å². The number of thiophene rings is 1. The lowest BCUT2D eigenvalue weighted by atomic mass is 10.1. The minimum atomic E-state index is -3.87. The summed E-state index contributed by atoms with van der Waals surface area (Å²) in [6, 6.07) is 7.49. The van der Waals surface area contributed by atoms with Crippen molar-refractivity contribution < 1.29 is 12.8 Å². The van der Waals surface area contributed by atoms with Crippen LogP contribution in [0.15, 0.2) is 46.0 Å². The van der Waals surface area contributed by atoms with Crippen molar-refractivity contribution in [1.82, 2.24) is 9.62 Å². The molecule has 25 heavy (non-hydrogen) atoms. The van der Waals surface area contributed by atoms with E-state index in [-0.39, 0.29) is 17.5 Å². The number of rotatable bonds is 6. The number of likely N-dealkylation sites (tertiary alicyclic amines) is 1. The number of hydrogen-bond acceptors (Lipinski definition) is 4. The fourth-order valence-electron chi connectivity index (χ4n) is 3.26. The number of halogens is 1. The number of benzene rings is 1. The SMILES string of the molecule is O=S(=O)(NCC(c1ccsc1)N1CCCCCC1)c1ccccc1F. The van der Waals surface area contributed by atoms with Crippen molar-refractivity contribution in [3.8, 4) is 0 Å². The topological polar surface area (TPSA) is 49.4 Å². The molecule has 1 fully saturated rings. The van der Waals surface area contributed by atoms with Crippen LogP contribution in [0.2, 0.25) is 0 Å². The number of hydrogen-bond donors (Lipinski definition) is 1. The number of nitrogens with zero attached hydrogens (tertiary/aromatic N) is 1. The summed E-state index contributed by atoms with van der Waals surface area (Å²) in [6.07, 6.45) is 4.68. The van der Waals surface area contributed by atoms with Crippen LogP contribution in [0.25, 0.3) is 0 Å². The second-order valence-corrected chi connectivity index (χ2v) is 8.82. The molecule has 4 nitrogen and oxygen atoms in total. The second-order valence-electron chi connectivity index (χ2n) is 6.30. The van der Waals surface area contributed by atoms with Crippen LogP contribution >= 0.6 is 11.3 Å². The van der Waals surface area contributed by atoms with Gasteiger partial charge in [0.1, 0.15) is 10.7 Å². The minimum absolute atomic E-state index is 0.0223. The highest BCUT2D eigenvalue weighted by molar-refractivity contribution is 7.89. The first-order valence-electron chi connectivity index (χ1n) is 8.58. The van der Waals surface area contributed by atoms with Gasteiger partial charge in [-0.1, -0.05) is 25.0 Å². The van der Waals surface area contributed by atoms with E-state index < -0.39 is 15.8 Å². The Labute approximate surface area is 152 Å². The average molecular weight is 383 g/mol. The van der Waals surface area contributed by atoms with Crippen LogP contribution in [-0.4, -0.2) is 33.0 Å². The van der Waals surface area contributed by atoms with Crippen LogP contribution in [0, 0.1) is 5.82 Å². The van der Waals surface area contributed by atoms with Crippen LogP contribution in [-0.2, 0) is 10.0 Å². The van der Waals surface area contributed by atoms with Gasteiger partial charge in [0.15, 0.2) is 0 Å². The standard InChI is InChI=1S/C18H23FN2O2S2/c19-16-7-3-4-8-18(16)25(22,23)20-13-17(15-9-12-24-14-15)21-10-5-1-2-6-11-21/h3-4,7-9,12,14,17,20H,1-2,5-6,10-11,13H2. The Morgan fingerprint density at radius 2 is 1.84 bits per heavy atom. The molecule has 1 aromatic carbocycles. The smallest absolute Gasteiger partial charge is 0.243 e. The summed E-state index contributed by atoms with van der Waals surface area (Å²) in [6.45, 7) is 2.16. The molecule has 2 aromatic rings. The van der Waals surface area contributed by atoms with Gasteiger partial charge in [-0.05, 0) is 60.5 Å². The van der Waals surface area contributed by atoms with Crippen molar-refractivity contribution in [3.63, 3.8) is 0 Å². The van der Waals surface area contributed by atoms with E-state index >= 15 is 0 Å². The molecule has 0 radical (unpaired) electrons. The predicted octanol–water partition coefficient (Wildman–Crippen LogP) is 3.78. The molecular weight excluding hydrogens is 359 g/mol. The third-order valence-electron chi connectivity index (χ3n) is 4.60. The lowest BCUT2D eigenvalue weighted by Gasteiger charge is -2.30. The Morgan fingerprint density at radius 3 is 2.48 bits per heavy atom. The number of sulfonamides is 1. The van der Waals surface area contributed by atoms with Gasteiger partial charge < -0.3 is 0 Å². The largest absolute Gasteiger partial charge is 0.295 e. The summed E-state index contributed by atoms with van der Waals surface area (Å²) in [5.74, 6) is -0.725. The van der Waals surface area contributed by atoms with E-state index in [1.807, 2.05) is 11.4 Å². The zero-order valence-electron chi connectivity index (χ0n) is 14.0. The summed E-state index contributed by atoms with van der Waals surface area (Å²) >= 11 is 1.61. The van der Waals surface area contributed by atoms with Crippen molar-refractivity contribution >= 4 is 21.4 Å². The molecule has 1 N–H and O–H groups in total. The normalized spacial score (nSPS) is 18.0. The van der Waals surface area contributed by atoms with Crippen LogP contribution in [0.4, 0.5) is 4.39 Å². The summed E-state index contributed by atoms with van der Waals surface area (Å²) in [5.41, 5.74) is 1.11. The molecular formula is C18H23FN2O2S2. The molecule has 0 spiro atoms. The molecule has 1 aliphatic heterocycles. The Kier molecular flexibility index (Phi) is 6.22. The van der Waals surface area contributed by atoms with Crippen molar-refractivity contribution in [2.75, 3.05) is 19.6 Å². The summed E-state index contributed by atoms with van der Waals surface area (Å²) in [7, 11) is -3.87. The van der Waals surface area contributed by atoms with Gasteiger partial charge in [-0.3, -0.25) is 4.90 Å². The maximum atomic E-state index is 13.9. The van der Waals surface area contributed by atoms with Crippen LogP contribution in [0.5, 0.6) is 0 Å². The van der Waals surface area contributed by atoms with E-state index in [0.717, 1.165) is 31.5 Å². The van der Waals surface area contributed by atoms with Crippen molar-refractivity contribution in [2.24, 2.45) is 0 Å². The predicted molar refractivity (Wildman–Crippen MR) is 98.7 cm³/mol. The van der Waals surface area contributed by atoms with Gasteiger partial charge >= 0.3 is 0 Å². The fraction of sp³-hybridized carbons (Fsp3) is 0.444. The number of nitrogens with one attached hydrogen (secondary N) is 1. The molecule has 1 atom stereocenters. The molecule has 3 rings (SSSR count). The maximum absolute atomic E-state index is 13.9. The molecule has 1 aliphatic rings.